The van der Waals surface area contributed by atoms with E-state index in [2.05, 4.69) is 25.3 Å². The number of fused-ring (bicyclic) bond motifs is 6. The van der Waals surface area contributed by atoms with Crippen molar-refractivity contribution in [3.05, 3.63) is 145 Å². The first-order chi connectivity index (χ1) is 29.8. The first kappa shape index (κ1) is 45.9. The smallest absolute Gasteiger partial charge is 0.410 e. The van der Waals surface area contributed by atoms with Crippen molar-refractivity contribution >= 4 is 36.0 Å². The van der Waals surface area contributed by atoms with E-state index in [0.717, 1.165) is 54.3 Å². The van der Waals surface area contributed by atoms with Crippen LogP contribution in [0.2, 0.25) is 0 Å². The van der Waals surface area contributed by atoms with Gasteiger partial charge < -0.3 is 29.0 Å². The number of likely N-dealkylation sites (N-methyl/N-ethyl adjacent to an activating group) is 3. The largest absolute Gasteiger partial charge is 0.480 e. The molecule has 1 N–H and O–H groups in total. The molecule has 2 aliphatic carbocycles. The maximum atomic E-state index is 12.9. The predicted octanol–water partition coefficient (Wildman–Crippen LogP) is 6.88. The number of hydrogen-bond acceptors (Lipinski definition) is 10. The van der Waals surface area contributed by atoms with Crippen molar-refractivity contribution in [2.75, 3.05) is 54.6 Å². The van der Waals surface area contributed by atoms with Crippen LogP contribution in [0.3, 0.4) is 0 Å². The van der Waals surface area contributed by atoms with Crippen LogP contribution in [0.15, 0.2) is 122 Å². The quantitative estimate of drug-likeness (QED) is 0.0709. The zero-order valence-corrected chi connectivity index (χ0v) is 35.2. The molecule has 0 aliphatic heterocycles. The highest BCUT2D eigenvalue weighted by Gasteiger charge is 2.35. The van der Waals surface area contributed by atoms with Gasteiger partial charge in [-0.05, 0) is 44.5 Å². The lowest BCUT2D eigenvalue weighted by Crippen LogP contribution is -2.48. The normalized spacial score (nSPS) is 12.9. The van der Waals surface area contributed by atoms with Crippen LogP contribution in [0.25, 0.3) is 22.3 Å². The first-order valence-corrected chi connectivity index (χ1v) is 19.9. The van der Waals surface area contributed by atoms with Crippen LogP contribution in [0.5, 0.6) is 0 Å². The van der Waals surface area contributed by atoms with E-state index in [4.69, 9.17) is 18.9 Å². The third-order valence-corrected chi connectivity index (χ3v) is 10.6. The number of carbonyl (C=O) groups excluding carboxylic acids is 5. The van der Waals surface area contributed by atoms with Crippen molar-refractivity contribution in [3.8, 4) is 22.3 Å². The van der Waals surface area contributed by atoms with Crippen LogP contribution in [0.4, 0.5) is 9.59 Å². The maximum absolute atomic E-state index is 12.9. The fourth-order valence-electron chi connectivity index (χ4n) is 7.46. The molecule has 2 aliphatic rings. The number of esters is 2. The number of aliphatic carboxylic acids is 1. The zero-order valence-electron chi connectivity index (χ0n) is 35.2. The fourth-order valence-corrected chi connectivity index (χ4v) is 7.46. The van der Waals surface area contributed by atoms with Crippen LogP contribution < -0.4 is 0 Å². The molecule has 14 nitrogen and oxygen atoms in total. The van der Waals surface area contributed by atoms with Crippen molar-refractivity contribution < 1.29 is 52.8 Å². The predicted molar refractivity (Wildman–Crippen MR) is 231 cm³/mol. The summed E-state index contributed by atoms with van der Waals surface area (Å²) in [5.41, 5.74) is 8.74. The van der Waals surface area contributed by atoms with Gasteiger partial charge in [0.2, 0.25) is 5.91 Å². The zero-order chi connectivity index (χ0) is 44.9. The van der Waals surface area contributed by atoms with Gasteiger partial charge in [0.1, 0.15) is 38.5 Å². The number of ether oxygens (including phenoxy) is 4. The van der Waals surface area contributed by atoms with Gasteiger partial charge in [-0.1, -0.05) is 122 Å². The lowest BCUT2D eigenvalue weighted by atomic mass is 9.98. The van der Waals surface area contributed by atoms with E-state index >= 15 is 0 Å². The van der Waals surface area contributed by atoms with Gasteiger partial charge in [-0.2, -0.15) is 0 Å². The molecule has 0 bridgehead atoms. The van der Waals surface area contributed by atoms with Crippen LogP contribution in [-0.4, -0.2) is 123 Å². The second-order valence-corrected chi connectivity index (χ2v) is 14.8. The summed E-state index contributed by atoms with van der Waals surface area (Å²) >= 11 is 0. The highest BCUT2D eigenvalue weighted by atomic mass is 16.6. The Morgan fingerprint density at radius 2 is 0.871 bits per heavy atom. The fraction of sp³-hybridized carbons (Fsp3) is 0.292. The molecule has 6 rings (SSSR count). The van der Waals surface area contributed by atoms with Crippen molar-refractivity contribution in [2.45, 2.75) is 36.8 Å². The van der Waals surface area contributed by atoms with Crippen LogP contribution >= 0.6 is 0 Å². The second kappa shape index (κ2) is 21.3. The minimum absolute atomic E-state index is 0.0279. The average Bonchev–Trinajstić information content (AvgIpc) is 3.78. The molecule has 0 saturated heterocycles. The Morgan fingerprint density at radius 1 is 0.548 bits per heavy atom. The summed E-state index contributed by atoms with van der Waals surface area (Å²) in [4.78, 5) is 76.8. The van der Waals surface area contributed by atoms with E-state index in [-0.39, 0.29) is 44.7 Å². The molecule has 0 aromatic heterocycles. The van der Waals surface area contributed by atoms with E-state index in [1.165, 1.54) is 31.1 Å². The standard InChI is InChI=1S/C25H28N2O5.C23H23NO6/c1-5-14-31-23(28)15-22(24(29)26(2)3)27(4)25(30)32-16-21-19-12-8-6-10-17(19)18-11-7-9-13-20(18)21;1-3-12-29-21(25)13-20(22(26)27)24(2)23(28)30-14-19-17-10-6-4-8-15(17)16-9-5-7-11-18(16)19/h5-13,21-22H,1,14-16H2,2-4H3;3-11,19-20H,1,12-14H2,2H3,(H,26,27)/t22-;20-/m00/s1. The van der Waals surface area contributed by atoms with Crippen molar-refractivity contribution in [3.63, 3.8) is 0 Å². The van der Waals surface area contributed by atoms with Gasteiger partial charge in [0, 0.05) is 40.0 Å². The molecule has 0 saturated carbocycles. The van der Waals surface area contributed by atoms with Gasteiger partial charge >= 0.3 is 30.1 Å². The number of carboxylic acid groups (broad SMARTS) is 1. The number of carboxylic acids is 1. The number of rotatable bonds is 16. The van der Waals surface area contributed by atoms with E-state index in [0.29, 0.717) is 0 Å². The van der Waals surface area contributed by atoms with Gasteiger partial charge in [0.25, 0.3) is 0 Å². The number of benzene rings is 4. The highest BCUT2D eigenvalue weighted by Crippen LogP contribution is 2.45. The highest BCUT2D eigenvalue weighted by molar-refractivity contribution is 5.89. The Labute approximate surface area is 360 Å². The van der Waals surface area contributed by atoms with Crippen LogP contribution in [0.1, 0.15) is 46.9 Å². The molecule has 4 aromatic rings. The molecule has 0 unspecified atom stereocenters. The Hall–Kier alpha value is -7.22. The molecule has 2 atom stereocenters. The third-order valence-electron chi connectivity index (χ3n) is 10.6. The molecule has 62 heavy (non-hydrogen) atoms. The molecule has 4 aromatic carbocycles. The summed E-state index contributed by atoms with van der Waals surface area (Å²) in [6.07, 6.45) is 0.568. The van der Waals surface area contributed by atoms with Crippen LogP contribution in [0, 0.1) is 0 Å². The SMILES string of the molecule is C=CCOC(=O)C[C@@H](C(=O)N(C)C)N(C)C(=O)OCC1c2ccccc2-c2ccccc21.C=CCOC(=O)C[C@@H](C(=O)O)N(C)C(=O)OCC1c2ccccc2-c2ccccc21. The Kier molecular flexibility index (Phi) is 15.8. The summed E-state index contributed by atoms with van der Waals surface area (Å²) in [7, 11) is 5.87. The van der Waals surface area contributed by atoms with Crippen molar-refractivity contribution in [2.24, 2.45) is 0 Å². The summed E-state index contributed by atoms with van der Waals surface area (Å²) in [6.45, 7) is 7.12. The maximum Gasteiger partial charge on any atom is 0.410 e. The molecule has 0 radical (unpaired) electrons. The summed E-state index contributed by atoms with van der Waals surface area (Å²) in [6, 6.07) is 29.5. The number of nitrogens with zero attached hydrogens (tertiary/aromatic N) is 3. The average molecular weight is 846 g/mol. The molecular formula is C48H51N3O11. The first-order valence-electron chi connectivity index (χ1n) is 19.9. The van der Waals surface area contributed by atoms with Gasteiger partial charge in [-0.25, -0.2) is 14.4 Å². The third kappa shape index (κ3) is 10.7. The minimum atomic E-state index is -1.39. The monoisotopic (exact) mass is 845 g/mol. The van der Waals surface area contributed by atoms with Gasteiger partial charge in [0.05, 0.1) is 12.8 Å². The molecule has 0 fully saturated rings. The van der Waals surface area contributed by atoms with Gasteiger partial charge in [-0.15, -0.1) is 0 Å². The number of amides is 3. The molecule has 0 spiro atoms. The van der Waals surface area contributed by atoms with E-state index in [1.807, 2.05) is 84.9 Å². The lowest BCUT2D eigenvalue weighted by molar-refractivity contribution is -0.151. The Balaban J connectivity index is 0.000000235. The van der Waals surface area contributed by atoms with E-state index < -0.39 is 54.5 Å². The summed E-state index contributed by atoms with van der Waals surface area (Å²) in [5.74, 6) is -3.28. The number of carbonyl (C=O) groups is 6. The summed E-state index contributed by atoms with van der Waals surface area (Å²) < 4.78 is 20.9. The molecule has 3 amide bonds. The lowest BCUT2D eigenvalue weighted by Gasteiger charge is -2.28. The minimum Gasteiger partial charge on any atom is -0.480 e. The van der Waals surface area contributed by atoms with E-state index in [9.17, 15) is 33.9 Å². The summed E-state index contributed by atoms with van der Waals surface area (Å²) in [5, 5.41) is 9.43. The molecule has 0 heterocycles. The van der Waals surface area contributed by atoms with Gasteiger partial charge in [-0.3, -0.25) is 24.2 Å². The van der Waals surface area contributed by atoms with Crippen molar-refractivity contribution in [1.82, 2.24) is 14.7 Å². The topological polar surface area (TPSA) is 169 Å². The molecular weight excluding hydrogens is 795 g/mol. The van der Waals surface area contributed by atoms with Gasteiger partial charge in [0.15, 0.2) is 0 Å². The number of hydrogen-bond donors (Lipinski definition) is 1. The van der Waals surface area contributed by atoms with E-state index in [1.54, 1.807) is 14.1 Å². The molecule has 14 heteroatoms. The Bertz CT molecular complexity index is 2220. The van der Waals surface area contributed by atoms with Crippen molar-refractivity contribution in [1.29, 1.82) is 0 Å². The van der Waals surface area contributed by atoms with Crippen LogP contribution in [-0.2, 0) is 38.1 Å². The Morgan fingerprint density at radius 3 is 1.19 bits per heavy atom. The second-order valence-electron chi connectivity index (χ2n) is 14.8. The molecule has 324 valence electrons.